The van der Waals surface area contributed by atoms with Gasteiger partial charge in [-0.05, 0) is 18.2 Å². The van der Waals surface area contributed by atoms with Gasteiger partial charge in [0.05, 0.1) is 12.0 Å². The molecule has 0 unspecified atom stereocenters. The second kappa shape index (κ2) is 6.27. The number of halogens is 3. The first-order valence-corrected chi connectivity index (χ1v) is 5.64. The molecule has 0 radical (unpaired) electrons. The molecule has 20 heavy (non-hydrogen) atoms. The SMILES string of the molecule is CNC(=O)N(CCC(=O)O)c1cccc(C(F)(F)F)c1. The number of carbonyl (C=O) groups excluding carboxylic acids is 1. The summed E-state index contributed by atoms with van der Waals surface area (Å²) in [7, 11) is 1.31. The van der Waals surface area contributed by atoms with Gasteiger partial charge in [0.15, 0.2) is 0 Å². The zero-order valence-electron chi connectivity index (χ0n) is 10.6. The van der Waals surface area contributed by atoms with Crippen molar-refractivity contribution in [1.29, 1.82) is 0 Å². The number of rotatable bonds is 4. The van der Waals surface area contributed by atoms with Crippen LogP contribution < -0.4 is 10.2 Å². The topological polar surface area (TPSA) is 69.6 Å². The van der Waals surface area contributed by atoms with Gasteiger partial charge in [0, 0.05) is 19.3 Å². The van der Waals surface area contributed by atoms with Crippen LogP contribution in [0.1, 0.15) is 12.0 Å². The van der Waals surface area contributed by atoms with E-state index < -0.39 is 23.7 Å². The Morgan fingerprint density at radius 2 is 2.00 bits per heavy atom. The smallest absolute Gasteiger partial charge is 0.416 e. The summed E-state index contributed by atoms with van der Waals surface area (Å²) in [5.74, 6) is -1.15. The van der Waals surface area contributed by atoms with E-state index in [1.165, 1.54) is 13.1 Å². The van der Waals surface area contributed by atoms with Crippen LogP contribution in [0.2, 0.25) is 0 Å². The van der Waals surface area contributed by atoms with Crippen LogP contribution in [-0.4, -0.2) is 30.7 Å². The molecule has 110 valence electrons. The molecule has 0 aliphatic carbocycles. The van der Waals surface area contributed by atoms with Crippen molar-refractivity contribution >= 4 is 17.7 Å². The summed E-state index contributed by atoms with van der Waals surface area (Å²) in [6.45, 7) is -0.226. The number of nitrogens with zero attached hydrogens (tertiary/aromatic N) is 1. The van der Waals surface area contributed by atoms with E-state index in [0.717, 1.165) is 23.1 Å². The molecule has 0 heterocycles. The van der Waals surface area contributed by atoms with Crippen molar-refractivity contribution in [2.45, 2.75) is 12.6 Å². The summed E-state index contributed by atoms with van der Waals surface area (Å²) in [6.07, 6.45) is -4.90. The van der Waals surface area contributed by atoms with Gasteiger partial charge < -0.3 is 10.4 Å². The number of benzene rings is 1. The van der Waals surface area contributed by atoms with Gasteiger partial charge in [-0.3, -0.25) is 9.69 Å². The van der Waals surface area contributed by atoms with Gasteiger partial charge in [-0.1, -0.05) is 6.07 Å². The van der Waals surface area contributed by atoms with E-state index in [4.69, 9.17) is 5.11 Å². The van der Waals surface area contributed by atoms with Crippen LogP contribution in [0.5, 0.6) is 0 Å². The Kier molecular flexibility index (Phi) is 4.95. The molecular formula is C12H13F3N2O3. The zero-order valence-corrected chi connectivity index (χ0v) is 10.6. The molecule has 1 aromatic rings. The first-order chi connectivity index (χ1) is 9.25. The third kappa shape index (κ3) is 4.15. The zero-order chi connectivity index (χ0) is 15.3. The molecule has 2 N–H and O–H groups in total. The van der Waals surface area contributed by atoms with Crippen LogP contribution in [0.25, 0.3) is 0 Å². The van der Waals surface area contributed by atoms with Gasteiger partial charge >= 0.3 is 18.2 Å². The minimum atomic E-state index is -4.53. The summed E-state index contributed by atoms with van der Waals surface area (Å²) in [5, 5.41) is 10.9. The minimum absolute atomic E-state index is 0.0135. The Morgan fingerprint density at radius 3 is 2.50 bits per heavy atom. The normalized spacial score (nSPS) is 11.0. The summed E-state index contributed by atoms with van der Waals surface area (Å²) in [6, 6.07) is 3.48. The highest BCUT2D eigenvalue weighted by atomic mass is 19.4. The van der Waals surface area contributed by atoms with Crippen molar-refractivity contribution in [2.24, 2.45) is 0 Å². The largest absolute Gasteiger partial charge is 0.481 e. The number of alkyl halides is 3. The molecule has 0 saturated heterocycles. The van der Waals surface area contributed by atoms with E-state index in [1.54, 1.807) is 0 Å². The predicted molar refractivity (Wildman–Crippen MR) is 65.5 cm³/mol. The second-order valence-corrected chi connectivity index (χ2v) is 3.90. The van der Waals surface area contributed by atoms with E-state index in [0.29, 0.717) is 0 Å². The lowest BCUT2D eigenvalue weighted by Gasteiger charge is -2.22. The molecule has 8 heteroatoms. The maximum absolute atomic E-state index is 12.6. The standard InChI is InChI=1S/C12H13F3N2O3/c1-16-11(20)17(6-5-10(18)19)9-4-2-3-8(7-9)12(13,14)15/h2-4,7H,5-6H2,1H3,(H,16,20)(H,18,19). The number of hydrogen-bond donors (Lipinski definition) is 2. The number of urea groups is 1. The fraction of sp³-hybridized carbons (Fsp3) is 0.333. The highest BCUT2D eigenvalue weighted by Crippen LogP contribution is 2.31. The summed E-state index contributed by atoms with van der Waals surface area (Å²) < 4.78 is 37.8. The van der Waals surface area contributed by atoms with Crippen LogP contribution >= 0.6 is 0 Å². The third-order valence-corrected chi connectivity index (χ3v) is 2.49. The summed E-state index contributed by atoms with van der Waals surface area (Å²) in [5.41, 5.74) is -0.917. The monoisotopic (exact) mass is 290 g/mol. The lowest BCUT2D eigenvalue weighted by molar-refractivity contribution is -0.138. The molecule has 1 rings (SSSR count). The van der Waals surface area contributed by atoms with E-state index in [9.17, 15) is 22.8 Å². The number of amides is 2. The van der Waals surface area contributed by atoms with E-state index in [-0.39, 0.29) is 18.7 Å². The van der Waals surface area contributed by atoms with Crippen molar-refractivity contribution in [3.63, 3.8) is 0 Å². The molecule has 0 atom stereocenters. The van der Waals surface area contributed by atoms with Crippen molar-refractivity contribution < 1.29 is 27.9 Å². The van der Waals surface area contributed by atoms with Gasteiger partial charge in [-0.2, -0.15) is 13.2 Å². The second-order valence-electron chi connectivity index (χ2n) is 3.90. The predicted octanol–water partition coefficient (Wildman–Crippen LogP) is 2.33. The molecule has 2 amide bonds. The Hall–Kier alpha value is -2.25. The molecule has 0 spiro atoms. The number of anilines is 1. The maximum Gasteiger partial charge on any atom is 0.416 e. The number of aliphatic carboxylic acids is 1. The van der Waals surface area contributed by atoms with Crippen molar-refractivity contribution in [3.8, 4) is 0 Å². The van der Waals surface area contributed by atoms with Gasteiger partial charge in [0.2, 0.25) is 0 Å². The van der Waals surface area contributed by atoms with Crippen LogP contribution in [0.3, 0.4) is 0 Å². The number of carboxylic acid groups (broad SMARTS) is 1. The lowest BCUT2D eigenvalue weighted by Crippen LogP contribution is -2.39. The average molecular weight is 290 g/mol. The van der Waals surface area contributed by atoms with Crippen LogP contribution in [0, 0.1) is 0 Å². The quantitative estimate of drug-likeness (QED) is 0.894. The maximum atomic E-state index is 12.6. The first kappa shape index (κ1) is 15.8. The molecule has 0 aliphatic rings. The molecule has 0 bridgehead atoms. The van der Waals surface area contributed by atoms with Crippen molar-refractivity contribution in [1.82, 2.24) is 5.32 Å². The van der Waals surface area contributed by atoms with Gasteiger partial charge in [0.25, 0.3) is 0 Å². The Labute approximate surface area is 113 Å². The molecule has 0 saturated carbocycles. The number of carbonyl (C=O) groups is 2. The van der Waals surface area contributed by atoms with Crippen LogP contribution in [0.15, 0.2) is 24.3 Å². The number of carboxylic acids is 1. The first-order valence-electron chi connectivity index (χ1n) is 5.64. The fourth-order valence-electron chi connectivity index (χ4n) is 1.54. The summed E-state index contributed by atoms with van der Waals surface area (Å²) >= 11 is 0. The van der Waals surface area contributed by atoms with Crippen molar-refractivity contribution in [3.05, 3.63) is 29.8 Å². The van der Waals surface area contributed by atoms with E-state index in [1.807, 2.05) is 0 Å². The lowest BCUT2D eigenvalue weighted by atomic mass is 10.2. The number of nitrogens with one attached hydrogen (secondary N) is 1. The fourth-order valence-corrected chi connectivity index (χ4v) is 1.54. The average Bonchev–Trinajstić information content (AvgIpc) is 2.37. The van der Waals surface area contributed by atoms with Crippen LogP contribution in [0.4, 0.5) is 23.7 Å². The molecular weight excluding hydrogens is 277 g/mol. The Morgan fingerprint density at radius 1 is 1.35 bits per heavy atom. The summed E-state index contributed by atoms with van der Waals surface area (Å²) in [4.78, 5) is 23.1. The highest BCUT2D eigenvalue weighted by Gasteiger charge is 2.31. The minimum Gasteiger partial charge on any atom is -0.481 e. The van der Waals surface area contributed by atoms with E-state index >= 15 is 0 Å². The molecule has 0 aromatic heterocycles. The van der Waals surface area contributed by atoms with Gasteiger partial charge in [-0.25, -0.2) is 4.79 Å². The highest BCUT2D eigenvalue weighted by molar-refractivity contribution is 5.92. The van der Waals surface area contributed by atoms with Gasteiger partial charge in [0.1, 0.15) is 0 Å². The third-order valence-electron chi connectivity index (χ3n) is 2.49. The molecule has 0 fully saturated rings. The van der Waals surface area contributed by atoms with Crippen LogP contribution in [-0.2, 0) is 11.0 Å². The Balaban J connectivity index is 3.07. The number of hydrogen-bond acceptors (Lipinski definition) is 2. The van der Waals surface area contributed by atoms with Crippen molar-refractivity contribution in [2.75, 3.05) is 18.5 Å². The Bertz CT molecular complexity index is 503. The van der Waals surface area contributed by atoms with Gasteiger partial charge in [-0.15, -0.1) is 0 Å². The molecule has 0 aliphatic heterocycles. The molecule has 1 aromatic carbocycles. The molecule has 5 nitrogen and oxygen atoms in total. The van der Waals surface area contributed by atoms with E-state index in [2.05, 4.69) is 5.32 Å².